The molecule has 0 unspecified atom stereocenters. The van der Waals surface area contributed by atoms with E-state index in [1.807, 2.05) is 53.9 Å². The smallest absolute Gasteiger partial charge is 0.182 e. The number of hydrogen-bond acceptors (Lipinski definition) is 5. The van der Waals surface area contributed by atoms with Crippen LogP contribution in [0.25, 0.3) is 5.65 Å². The van der Waals surface area contributed by atoms with Crippen molar-refractivity contribution >= 4 is 17.2 Å². The number of methoxy groups -OCH3 is 1. The first kappa shape index (κ1) is 14.2. The lowest BCUT2D eigenvalue weighted by Gasteiger charge is -2.02. The Balaban J connectivity index is 2.03. The second-order valence-corrected chi connectivity index (χ2v) is 4.81. The molecular formula is C16H16N4O2. The molecule has 0 spiro atoms. The molecule has 0 bridgehead atoms. The first-order valence-corrected chi connectivity index (χ1v) is 6.86. The Kier molecular flexibility index (Phi) is 3.84. The molecule has 0 radical (unpaired) electrons. The Morgan fingerprint density at radius 3 is 2.82 bits per heavy atom. The summed E-state index contributed by atoms with van der Waals surface area (Å²) in [7, 11) is 1.60. The first-order chi connectivity index (χ1) is 10.7. The number of para-hydroxylation sites is 1. The van der Waals surface area contributed by atoms with Crippen LogP contribution in [0.1, 0.15) is 11.3 Å². The van der Waals surface area contributed by atoms with Crippen molar-refractivity contribution < 1.29 is 9.84 Å². The zero-order valence-electron chi connectivity index (χ0n) is 12.4. The lowest BCUT2D eigenvalue weighted by molar-refractivity contribution is 0.282. The van der Waals surface area contributed by atoms with Crippen molar-refractivity contribution in [3.63, 3.8) is 0 Å². The largest absolute Gasteiger partial charge is 0.494 e. The van der Waals surface area contributed by atoms with Crippen LogP contribution in [0.15, 0.2) is 52.8 Å². The quantitative estimate of drug-likeness (QED) is 0.748. The minimum atomic E-state index is -0.0134. The normalized spacial score (nSPS) is 11.4. The standard InChI is InChI=1S/C16H16N4O2/c1-11-16(19-18-13-5-3-4-6-14(13)22-2)20-8-7-12(10-21)9-15(20)17-11/h3-9,21H,10H2,1-2H3. The van der Waals surface area contributed by atoms with Gasteiger partial charge < -0.3 is 9.84 Å². The number of aliphatic hydroxyl groups excluding tert-OH is 1. The fraction of sp³-hybridized carbons (Fsp3) is 0.188. The van der Waals surface area contributed by atoms with Crippen LogP contribution >= 0.6 is 0 Å². The second-order valence-electron chi connectivity index (χ2n) is 4.81. The summed E-state index contributed by atoms with van der Waals surface area (Å²) >= 11 is 0. The molecule has 0 aliphatic heterocycles. The van der Waals surface area contributed by atoms with E-state index in [0.29, 0.717) is 17.3 Å². The van der Waals surface area contributed by atoms with Gasteiger partial charge in [0.05, 0.1) is 19.4 Å². The van der Waals surface area contributed by atoms with Gasteiger partial charge in [-0.3, -0.25) is 4.40 Å². The highest BCUT2D eigenvalue weighted by atomic mass is 16.5. The van der Waals surface area contributed by atoms with E-state index in [9.17, 15) is 5.11 Å². The lowest BCUT2D eigenvalue weighted by Crippen LogP contribution is -1.88. The van der Waals surface area contributed by atoms with Gasteiger partial charge >= 0.3 is 0 Å². The maximum Gasteiger partial charge on any atom is 0.182 e. The molecule has 3 aromatic rings. The number of imidazole rings is 1. The average Bonchev–Trinajstić information content (AvgIpc) is 2.87. The van der Waals surface area contributed by atoms with Crippen molar-refractivity contribution in [3.8, 4) is 5.75 Å². The highest BCUT2D eigenvalue weighted by Gasteiger charge is 2.09. The molecule has 3 rings (SSSR count). The van der Waals surface area contributed by atoms with Gasteiger partial charge in [0.15, 0.2) is 5.82 Å². The van der Waals surface area contributed by atoms with Gasteiger partial charge in [-0.15, -0.1) is 10.2 Å². The number of benzene rings is 1. The Labute approximate surface area is 127 Å². The Morgan fingerprint density at radius 2 is 2.05 bits per heavy atom. The van der Waals surface area contributed by atoms with Crippen molar-refractivity contribution in [3.05, 3.63) is 53.9 Å². The highest BCUT2D eigenvalue weighted by Crippen LogP contribution is 2.29. The third kappa shape index (κ3) is 2.56. The van der Waals surface area contributed by atoms with Crippen LogP contribution in [0.5, 0.6) is 5.75 Å². The van der Waals surface area contributed by atoms with Crippen LogP contribution in [-0.4, -0.2) is 21.6 Å². The lowest BCUT2D eigenvalue weighted by atomic mass is 10.3. The molecule has 0 amide bonds. The number of nitrogens with zero attached hydrogens (tertiary/aromatic N) is 4. The van der Waals surface area contributed by atoms with Crippen LogP contribution in [0.2, 0.25) is 0 Å². The van der Waals surface area contributed by atoms with Gasteiger partial charge in [0.25, 0.3) is 0 Å². The molecule has 1 N–H and O–H groups in total. The highest BCUT2D eigenvalue weighted by molar-refractivity contribution is 5.54. The van der Waals surface area contributed by atoms with E-state index in [0.717, 1.165) is 16.9 Å². The summed E-state index contributed by atoms with van der Waals surface area (Å²) in [4.78, 5) is 4.44. The zero-order chi connectivity index (χ0) is 15.5. The summed E-state index contributed by atoms with van der Waals surface area (Å²) in [6.07, 6.45) is 1.83. The summed E-state index contributed by atoms with van der Waals surface area (Å²) in [5.74, 6) is 1.32. The van der Waals surface area contributed by atoms with Crippen molar-refractivity contribution in [1.29, 1.82) is 0 Å². The van der Waals surface area contributed by atoms with E-state index in [1.165, 1.54) is 0 Å². The molecule has 6 heteroatoms. The van der Waals surface area contributed by atoms with E-state index in [2.05, 4.69) is 15.2 Å². The number of azo groups is 1. The van der Waals surface area contributed by atoms with Crippen LogP contribution in [-0.2, 0) is 6.61 Å². The van der Waals surface area contributed by atoms with E-state index in [1.54, 1.807) is 7.11 Å². The van der Waals surface area contributed by atoms with E-state index in [-0.39, 0.29) is 6.61 Å². The van der Waals surface area contributed by atoms with Gasteiger partial charge in [-0.25, -0.2) is 4.98 Å². The molecule has 0 aliphatic carbocycles. The third-order valence-electron chi connectivity index (χ3n) is 3.35. The van der Waals surface area contributed by atoms with Crippen LogP contribution in [0.3, 0.4) is 0 Å². The van der Waals surface area contributed by atoms with Gasteiger partial charge in [0.2, 0.25) is 0 Å². The minimum Gasteiger partial charge on any atom is -0.494 e. The number of fused-ring (bicyclic) bond motifs is 1. The van der Waals surface area contributed by atoms with E-state index < -0.39 is 0 Å². The van der Waals surface area contributed by atoms with Gasteiger partial charge in [0, 0.05) is 6.20 Å². The van der Waals surface area contributed by atoms with Gasteiger partial charge in [-0.2, -0.15) is 0 Å². The SMILES string of the molecule is COc1ccccc1N=Nc1c(C)nc2cc(CO)ccn12. The molecule has 2 aromatic heterocycles. The maximum absolute atomic E-state index is 9.19. The van der Waals surface area contributed by atoms with Gasteiger partial charge in [-0.1, -0.05) is 12.1 Å². The minimum absolute atomic E-state index is 0.0134. The molecule has 2 heterocycles. The fourth-order valence-electron chi connectivity index (χ4n) is 2.22. The molecule has 22 heavy (non-hydrogen) atoms. The summed E-state index contributed by atoms with van der Waals surface area (Å²) in [6, 6.07) is 11.1. The average molecular weight is 296 g/mol. The number of hydrogen-bond donors (Lipinski definition) is 1. The first-order valence-electron chi connectivity index (χ1n) is 6.86. The van der Waals surface area contributed by atoms with E-state index >= 15 is 0 Å². The van der Waals surface area contributed by atoms with Crippen molar-refractivity contribution in [2.24, 2.45) is 10.2 Å². The van der Waals surface area contributed by atoms with E-state index in [4.69, 9.17) is 4.74 Å². The van der Waals surface area contributed by atoms with Crippen molar-refractivity contribution in [2.75, 3.05) is 7.11 Å². The Morgan fingerprint density at radius 1 is 1.23 bits per heavy atom. The van der Waals surface area contributed by atoms with Gasteiger partial charge in [-0.05, 0) is 36.8 Å². The summed E-state index contributed by atoms with van der Waals surface area (Å²) in [5, 5.41) is 17.8. The molecular weight excluding hydrogens is 280 g/mol. The second kappa shape index (κ2) is 5.95. The molecule has 0 atom stereocenters. The molecule has 0 saturated carbocycles. The molecule has 0 fully saturated rings. The Hall–Kier alpha value is -2.73. The maximum atomic E-state index is 9.19. The predicted molar refractivity (Wildman–Crippen MR) is 83.0 cm³/mol. The fourth-order valence-corrected chi connectivity index (χ4v) is 2.22. The van der Waals surface area contributed by atoms with Crippen LogP contribution < -0.4 is 4.74 Å². The van der Waals surface area contributed by atoms with Crippen LogP contribution in [0, 0.1) is 6.92 Å². The van der Waals surface area contributed by atoms with Crippen LogP contribution in [0.4, 0.5) is 11.5 Å². The monoisotopic (exact) mass is 296 g/mol. The zero-order valence-corrected chi connectivity index (χ0v) is 12.4. The Bertz CT molecular complexity index is 839. The number of pyridine rings is 1. The topological polar surface area (TPSA) is 71.5 Å². The molecule has 0 saturated heterocycles. The molecule has 0 aliphatic rings. The summed E-state index contributed by atoms with van der Waals surface area (Å²) < 4.78 is 7.10. The molecule has 112 valence electrons. The van der Waals surface area contributed by atoms with Crippen molar-refractivity contribution in [2.45, 2.75) is 13.5 Å². The predicted octanol–water partition coefficient (Wildman–Crippen LogP) is 3.56. The summed E-state index contributed by atoms with van der Waals surface area (Å²) in [6.45, 7) is 1.86. The van der Waals surface area contributed by atoms with Crippen molar-refractivity contribution in [1.82, 2.24) is 9.38 Å². The van der Waals surface area contributed by atoms with Gasteiger partial charge in [0.1, 0.15) is 17.1 Å². The number of aryl methyl sites for hydroxylation is 1. The molecule has 6 nitrogen and oxygen atoms in total. The number of ether oxygens (including phenoxy) is 1. The molecule has 1 aromatic carbocycles. The number of rotatable bonds is 4. The number of aromatic nitrogens is 2. The number of aliphatic hydroxyl groups is 1. The summed E-state index contributed by atoms with van der Waals surface area (Å²) in [5.41, 5.74) is 2.98. The third-order valence-corrected chi connectivity index (χ3v) is 3.35.